The number of ether oxygens (including phenoxy) is 1. The SMILES string of the molecule is CCOC(=O)c1cc2c(c(-c3ccsc3C=O)n1)c1ccccc1n2C. The number of para-hydroxylation sites is 1. The van der Waals surface area contributed by atoms with E-state index in [-0.39, 0.29) is 12.3 Å². The first-order chi connectivity index (χ1) is 12.7. The number of esters is 1. The number of aryl methyl sites for hydroxylation is 1. The highest BCUT2D eigenvalue weighted by atomic mass is 32.1. The van der Waals surface area contributed by atoms with E-state index in [0.29, 0.717) is 10.6 Å². The van der Waals surface area contributed by atoms with Crippen molar-refractivity contribution in [3.63, 3.8) is 0 Å². The highest BCUT2D eigenvalue weighted by Crippen LogP contribution is 2.37. The number of rotatable bonds is 4. The predicted molar refractivity (Wildman–Crippen MR) is 103 cm³/mol. The van der Waals surface area contributed by atoms with Crippen molar-refractivity contribution in [3.8, 4) is 11.3 Å². The molecule has 0 bridgehead atoms. The minimum Gasteiger partial charge on any atom is -0.461 e. The van der Waals surface area contributed by atoms with E-state index in [1.165, 1.54) is 11.3 Å². The molecule has 4 rings (SSSR count). The van der Waals surface area contributed by atoms with E-state index in [9.17, 15) is 9.59 Å². The van der Waals surface area contributed by atoms with Gasteiger partial charge in [0, 0.05) is 28.9 Å². The molecule has 0 aliphatic rings. The van der Waals surface area contributed by atoms with Gasteiger partial charge in [0.1, 0.15) is 0 Å². The molecule has 0 amide bonds. The van der Waals surface area contributed by atoms with Crippen molar-refractivity contribution in [2.45, 2.75) is 6.92 Å². The van der Waals surface area contributed by atoms with Gasteiger partial charge in [-0.3, -0.25) is 4.79 Å². The van der Waals surface area contributed by atoms with Crippen LogP contribution in [0.1, 0.15) is 27.1 Å². The van der Waals surface area contributed by atoms with Gasteiger partial charge in [-0.05, 0) is 30.5 Å². The van der Waals surface area contributed by atoms with Crippen LogP contribution in [0.25, 0.3) is 33.1 Å². The lowest BCUT2D eigenvalue weighted by atomic mass is 10.0. The number of aldehydes is 1. The summed E-state index contributed by atoms with van der Waals surface area (Å²) in [5.41, 5.74) is 3.52. The van der Waals surface area contributed by atoms with Crippen LogP contribution in [0.5, 0.6) is 0 Å². The second-order valence-electron chi connectivity index (χ2n) is 5.86. The molecule has 0 aliphatic heterocycles. The summed E-state index contributed by atoms with van der Waals surface area (Å²) in [6.45, 7) is 2.04. The molecule has 26 heavy (non-hydrogen) atoms. The van der Waals surface area contributed by atoms with Crippen LogP contribution in [0.3, 0.4) is 0 Å². The van der Waals surface area contributed by atoms with Gasteiger partial charge >= 0.3 is 5.97 Å². The Kier molecular flexibility index (Phi) is 4.05. The number of benzene rings is 1. The van der Waals surface area contributed by atoms with Gasteiger partial charge in [-0.25, -0.2) is 9.78 Å². The van der Waals surface area contributed by atoms with Crippen molar-refractivity contribution in [1.82, 2.24) is 9.55 Å². The fourth-order valence-electron chi connectivity index (χ4n) is 3.28. The zero-order chi connectivity index (χ0) is 18.3. The smallest absolute Gasteiger partial charge is 0.357 e. The second-order valence-corrected chi connectivity index (χ2v) is 6.81. The van der Waals surface area contributed by atoms with E-state index in [1.54, 1.807) is 13.0 Å². The fourth-order valence-corrected chi connectivity index (χ4v) is 3.98. The van der Waals surface area contributed by atoms with Crippen molar-refractivity contribution >= 4 is 45.4 Å². The van der Waals surface area contributed by atoms with Gasteiger partial charge in [0.15, 0.2) is 12.0 Å². The number of thiophene rings is 1. The van der Waals surface area contributed by atoms with Crippen LogP contribution in [-0.2, 0) is 11.8 Å². The summed E-state index contributed by atoms with van der Waals surface area (Å²) < 4.78 is 7.18. The first-order valence-corrected chi connectivity index (χ1v) is 9.12. The summed E-state index contributed by atoms with van der Waals surface area (Å²) in [7, 11) is 1.96. The van der Waals surface area contributed by atoms with Gasteiger partial charge in [-0.15, -0.1) is 11.3 Å². The van der Waals surface area contributed by atoms with E-state index in [1.807, 2.05) is 47.3 Å². The lowest BCUT2D eigenvalue weighted by Gasteiger charge is -2.08. The zero-order valence-corrected chi connectivity index (χ0v) is 15.2. The van der Waals surface area contributed by atoms with E-state index >= 15 is 0 Å². The third kappa shape index (κ3) is 2.42. The van der Waals surface area contributed by atoms with Gasteiger partial charge in [0.2, 0.25) is 0 Å². The highest BCUT2D eigenvalue weighted by Gasteiger charge is 2.21. The Bertz CT molecular complexity index is 1160. The minimum atomic E-state index is -0.469. The fraction of sp³-hybridized carbons (Fsp3) is 0.150. The average Bonchev–Trinajstić information content (AvgIpc) is 3.25. The van der Waals surface area contributed by atoms with E-state index in [2.05, 4.69) is 4.98 Å². The molecule has 0 atom stereocenters. The van der Waals surface area contributed by atoms with Gasteiger partial charge in [-0.2, -0.15) is 0 Å². The Labute approximate surface area is 153 Å². The van der Waals surface area contributed by atoms with E-state index in [4.69, 9.17) is 4.74 Å². The standard InChI is InChI=1S/C20H16N2O3S/c1-3-25-20(24)14-10-16-18(12-6-4-5-7-15(12)22(16)2)19(21-14)13-8-9-26-17(13)11-23/h4-11H,3H2,1-2H3. The Hall–Kier alpha value is -2.99. The number of hydrogen-bond donors (Lipinski definition) is 0. The number of pyridine rings is 1. The summed E-state index contributed by atoms with van der Waals surface area (Å²) in [4.78, 5) is 29.0. The van der Waals surface area contributed by atoms with Crippen LogP contribution >= 0.6 is 11.3 Å². The van der Waals surface area contributed by atoms with Crippen molar-refractivity contribution in [2.24, 2.45) is 7.05 Å². The molecule has 0 N–H and O–H groups in total. The zero-order valence-electron chi connectivity index (χ0n) is 14.4. The predicted octanol–water partition coefficient (Wildman–Crippen LogP) is 4.44. The molecule has 0 saturated heterocycles. The monoisotopic (exact) mass is 364 g/mol. The average molecular weight is 364 g/mol. The summed E-state index contributed by atoms with van der Waals surface area (Å²) in [6.07, 6.45) is 0.829. The van der Waals surface area contributed by atoms with Crippen LogP contribution in [0.15, 0.2) is 41.8 Å². The van der Waals surface area contributed by atoms with Gasteiger partial charge in [0.05, 0.1) is 22.7 Å². The summed E-state index contributed by atoms with van der Waals surface area (Å²) in [5.74, 6) is -0.469. The molecule has 0 unspecified atom stereocenters. The molecule has 0 radical (unpaired) electrons. The topological polar surface area (TPSA) is 61.2 Å². The normalized spacial score (nSPS) is 11.2. The summed E-state index contributed by atoms with van der Waals surface area (Å²) >= 11 is 1.36. The third-order valence-corrected chi connectivity index (χ3v) is 5.28. The number of carbonyl (C=O) groups excluding carboxylic acids is 2. The molecule has 6 heteroatoms. The molecule has 1 aromatic carbocycles. The number of aromatic nitrogens is 2. The molecule has 4 aromatic rings. The van der Waals surface area contributed by atoms with Crippen LogP contribution in [-0.4, -0.2) is 28.4 Å². The maximum atomic E-state index is 12.3. The molecule has 5 nitrogen and oxygen atoms in total. The van der Waals surface area contributed by atoms with Crippen LogP contribution in [0.4, 0.5) is 0 Å². The van der Waals surface area contributed by atoms with E-state index in [0.717, 1.165) is 33.7 Å². The number of nitrogens with zero attached hydrogens (tertiary/aromatic N) is 2. The van der Waals surface area contributed by atoms with Crippen molar-refractivity contribution < 1.29 is 14.3 Å². The van der Waals surface area contributed by atoms with Crippen molar-refractivity contribution in [3.05, 3.63) is 52.3 Å². The van der Waals surface area contributed by atoms with Gasteiger partial charge < -0.3 is 9.30 Å². The van der Waals surface area contributed by atoms with E-state index < -0.39 is 5.97 Å². The first-order valence-electron chi connectivity index (χ1n) is 8.24. The highest BCUT2D eigenvalue weighted by molar-refractivity contribution is 7.12. The minimum absolute atomic E-state index is 0.239. The van der Waals surface area contributed by atoms with Gasteiger partial charge in [-0.1, -0.05) is 18.2 Å². The van der Waals surface area contributed by atoms with Crippen LogP contribution in [0, 0.1) is 0 Å². The Morgan fingerprint density at radius 2 is 2.08 bits per heavy atom. The van der Waals surface area contributed by atoms with Crippen LogP contribution in [0.2, 0.25) is 0 Å². The molecule has 0 fully saturated rings. The van der Waals surface area contributed by atoms with Crippen molar-refractivity contribution in [2.75, 3.05) is 6.61 Å². The molecule has 3 aromatic heterocycles. The third-order valence-electron chi connectivity index (χ3n) is 4.44. The maximum absolute atomic E-state index is 12.3. The Morgan fingerprint density at radius 1 is 1.27 bits per heavy atom. The molecule has 0 aliphatic carbocycles. The number of hydrogen-bond acceptors (Lipinski definition) is 5. The molecule has 130 valence electrons. The number of fused-ring (bicyclic) bond motifs is 3. The number of carbonyl (C=O) groups is 2. The Balaban J connectivity index is 2.14. The lowest BCUT2D eigenvalue weighted by molar-refractivity contribution is 0.0519. The second kappa shape index (κ2) is 6.38. The molecule has 3 heterocycles. The molecule has 0 spiro atoms. The summed E-state index contributed by atoms with van der Waals surface area (Å²) in [5, 5.41) is 3.82. The first kappa shape index (κ1) is 16.5. The van der Waals surface area contributed by atoms with Crippen molar-refractivity contribution in [1.29, 1.82) is 0 Å². The largest absolute Gasteiger partial charge is 0.461 e. The molecular weight excluding hydrogens is 348 g/mol. The quantitative estimate of drug-likeness (QED) is 0.397. The maximum Gasteiger partial charge on any atom is 0.357 e. The van der Waals surface area contributed by atoms with Gasteiger partial charge in [0.25, 0.3) is 0 Å². The molecular formula is C20H16N2O3S. The summed E-state index contributed by atoms with van der Waals surface area (Å²) in [6, 6.07) is 11.6. The molecule has 0 saturated carbocycles. The Morgan fingerprint density at radius 3 is 2.85 bits per heavy atom. The van der Waals surface area contributed by atoms with Crippen LogP contribution < -0.4 is 0 Å². The lowest BCUT2D eigenvalue weighted by Crippen LogP contribution is -2.08.